The van der Waals surface area contributed by atoms with Gasteiger partial charge >= 0.3 is 0 Å². The Morgan fingerprint density at radius 2 is 1.56 bits per heavy atom. The number of aryl methyl sites for hydroxylation is 2. The van der Waals surface area contributed by atoms with Crippen LogP contribution in [0.3, 0.4) is 0 Å². The molecule has 3 N–H and O–H groups in total. The molecule has 0 atom stereocenters. The van der Waals surface area contributed by atoms with Crippen LogP contribution in [0, 0.1) is 13.8 Å². The Kier molecular flexibility index (Phi) is 7.61. The van der Waals surface area contributed by atoms with Crippen molar-refractivity contribution >= 4 is 56.4 Å². The van der Waals surface area contributed by atoms with Gasteiger partial charge < -0.3 is 15.4 Å². The quantitative estimate of drug-likeness (QED) is 0.396. The van der Waals surface area contributed by atoms with Crippen LogP contribution in [-0.2, 0) is 0 Å². The number of halogens is 1. The van der Waals surface area contributed by atoms with Crippen molar-refractivity contribution in [3.8, 4) is 5.75 Å². The maximum absolute atomic E-state index is 12.7. The molecule has 0 aliphatic rings. The summed E-state index contributed by atoms with van der Waals surface area (Å²) < 4.78 is 6.12. The molecule has 0 spiro atoms. The summed E-state index contributed by atoms with van der Waals surface area (Å²) in [5.74, 6) is -0.0801. The van der Waals surface area contributed by atoms with Crippen molar-refractivity contribution in [2.45, 2.75) is 13.8 Å². The highest BCUT2D eigenvalue weighted by Gasteiger charge is 2.17. The first-order chi connectivity index (χ1) is 15.3. The molecule has 3 aromatic carbocycles. The summed E-state index contributed by atoms with van der Waals surface area (Å²) in [4.78, 5) is 25.1. The maximum atomic E-state index is 12.7. The predicted molar refractivity (Wildman–Crippen MR) is 135 cm³/mol. The van der Waals surface area contributed by atoms with Crippen molar-refractivity contribution in [3.05, 3.63) is 87.4 Å². The van der Waals surface area contributed by atoms with E-state index in [1.807, 2.05) is 38.1 Å². The molecule has 0 fully saturated rings. The standard InChI is InChI=1S/C24H22BrN3O3S/c1-14-5-4-6-16(11-14)22(29)26-18-7-9-19(10-8-18)27-24(32)28-23(30)20-13-17(25)12-15(2)21(20)31-3/h4-13H,1-3H3,(H,26,29)(H2,27,28,30,32). The monoisotopic (exact) mass is 511 g/mol. The highest BCUT2D eigenvalue weighted by molar-refractivity contribution is 9.10. The molecule has 0 saturated heterocycles. The zero-order chi connectivity index (χ0) is 23.3. The molecule has 6 nitrogen and oxygen atoms in total. The number of methoxy groups -OCH3 is 1. The lowest BCUT2D eigenvalue weighted by molar-refractivity contribution is 0.0973. The molecule has 0 aromatic heterocycles. The van der Waals surface area contributed by atoms with Crippen LogP contribution >= 0.6 is 28.1 Å². The fraction of sp³-hybridized carbons (Fsp3) is 0.125. The van der Waals surface area contributed by atoms with Crippen LogP contribution in [-0.4, -0.2) is 24.0 Å². The number of carbonyl (C=O) groups is 2. The van der Waals surface area contributed by atoms with E-state index in [2.05, 4.69) is 31.9 Å². The third-order valence-corrected chi connectivity index (χ3v) is 5.26. The average Bonchev–Trinajstić information content (AvgIpc) is 2.74. The van der Waals surface area contributed by atoms with Gasteiger partial charge in [0.2, 0.25) is 0 Å². The molecule has 32 heavy (non-hydrogen) atoms. The van der Waals surface area contributed by atoms with Gasteiger partial charge in [-0.1, -0.05) is 33.6 Å². The number of hydrogen-bond donors (Lipinski definition) is 3. The second-order valence-electron chi connectivity index (χ2n) is 7.11. The molecule has 3 rings (SSSR count). The van der Waals surface area contributed by atoms with E-state index >= 15 is 0 Å². The van der Waals surface area contributed by atoms with Gasteiger partial charge in [0.1, 0.15) is 5.75 Å². The third-order valence-electron chi connectivity index (χ3n) is 4.60. The van der Waals surface area contributed by atoms with Crippen LogP contribution in [0.1, 0.15) is 31.8 Å². The molecule has 164 valence electrons. The SMILES string of the molecule is COc1c(C)cc(Br)cc1C(=O)NC(=S)Nc1ccc(NC(=O)c2cccc(C)c2)cc1. The van der Waals surface area contributed by atoms with Gasteiger partial charge in [-0.3, -0.25) is 14.9 Å². The first kappa shape index (κ1) is 23.4. The molecule has 3 aromatic rings. The van der Waals surface area contributed by atoms with E-state index in [9.17, 15) is 9.59 Å². The number of anilines is 2. The zero-order valence-corrected chi connectivity index (χ0v) is 20.2. The summed E-state index contributed by atoms with van der Waals surface area (Å²) in [5, 5.41) is 8.62. The van der Waals surface area contributed by atoms with Crippen molar-refractivity contribution in [2.24, 2.45) is 0 Å². The molecule has 0 bridgehead atoms. The van der Waals surface area contributed by atoms with E-state index in [4.69, 9.17) is 17.0 Å². The van der Waals surface area contributed by atoms with Crippen LogP contribution < -0.4 is 20.7 Å². The fourth-order valence-electron chi connectivity index (χ4n) is 3.13. The molecule has 0 radical (unpaired) electrons. The van der Waals surface area contributed by atoms with Crippen molar-refractivity contribution in [1.29, 1.82) is 0 Å². The minimum atomic E-state index is -0.384. The highest BCUT2D eigenvalue weighted by Crippen LogP contribution is 2.27. The minimum absolute atomic E-state index is 0.145. The second kappa shape index (κ2) is 10.4. The summed E-state index contributed by atoms with van der Waals surface area (Å²) in [5.41, 5.74) is 4.12. The van der Waals surface area contributed by atoms with Gasteiger partial charge in [-0.15, -0.1) is 0 Å². The molecule has 2 amide bonds. The summed E-state index contributed by atoms with van der Waals surface area (Å²) in [6, 6.07) is 17.9. The summed E-state index contributed by atoms with van der Waals surface area (Å²) in [6.45, 7) is 3.79. The predicted octanol–water partition coefficient (Wildman–Crippen LogP) is 5.45. The Morgan fingerprint density at radius 1 is 0.906 bits per heavy atom. The van der Waals surface area contributed by atoms with Crippen molar-refractivity contribution in [1.82, 2.24) is 5.32 Å². The number of carbonyl (C=O) groups excluding carboxylic acids is 2. The topological polar surface area (TPSA) is 79.5 Å². The van der Waals surface area contributed by atoms with Gasteiger partial charge in [-0.2, -0.15) is 0 Å². The first-order valence-electron chi connectivity index (χ1n) is 9.71. The normalized spacial score (nSPS) is 10.2. The van der Waals surface area contributed by atoms with Gasteiger partial charge in [0.25, 0.3) is 11.8 Å². The first-order valence-corrected chi connectivity index (χ1v) is 10.9. The lowest BCUT2D eigenvalue weighted by Gasteiger charge is -2.14. The third kappa shape index (κ3) is 5.93. The van der Waals surface area contributed by atoms with E-state index in [-0.39, 0.29) is 16.9 Å². The number of nitrogens with one attached hydrogen (secondary N) is 3. The summed E-state index contributed by atoms with van der Waals surface area (Å²) >= 11 is 8.66. The van der Waals surface area contributed by atoms with Gasteiger partial charge in [0.05, 0.1) is 12.7 Å². The average molecular weight is 512 g/mol. The molecule has 8 heteroatoms. The lowest BCUT2D eigenvalue weighted by atomic mass is 10.1. The molecule has 0 aliphatic heterocycles. The van der Waals surface area contributed by atoms with Crippen molar-refractivity contribution < 1.29 is 14.3 Å². The fourth-order valence-corrected chi connectivity index (χ4v) is 3.91. The molecular formula is C24H22BrN3O3S. The maximum Gasteiger partial charge on any atom is 0.261 e. The molecule has 0 aliphatic carbocycles. The number of ether oxygens (including phenoxy) is 1. The molecule has 0 heterocycles. The van der Waals surface area contributed by atoms with Gasteiger partial charge in [-0.05, 0) is 80.2 Å². The van der Waals surface area contributed by atoms with E-state index < -0.39 is 0 Å². The molecule has 0 saturated carbocycles. The second-order valence-corrected chi connectivity index (χ2v) is 8.44. The largest absolute Gasteiger partial charge is 0.496 e. The Hall–Kier alpha value is -3.23. The van der Waals surface area contributed by atoms with Gasteiger partial charge in [-0.25, -0.2) is 0 Å². The Morgan fingerprint density at radius 3 is 2.19 bits per heavy atom. The number of amides is 2. The van der Waals surface area contributed by atoms with E-state index in [0.717, 1.165) is 15.6 Å². The summed E-state index contributed by atoms with van der Waals surface area (Å²) in [7, 11) is 1.52. The highest BCUT2D eigenvalue weighted by atomic mass is 79.9. The van der Waals surface area contributed by atoms with Crippen molar-refractivity contribution in [2.75, 3.05) is 17.7 Å². The van der Waals surface area contributed by atoms with Gasteiger partial charge in [0.15, 0.2) is 5.11 Å². The zero-order valence-electron chi connectivity index (χ0n) is 17.8. The van der Waals surface area contributed by atoms with E-state index in [0.29, 0.717) is 28.3 Å². The lowest BCUT2D eigenvalue weighted by Crippen LogP contribution is -2.34. The Bertz CT molecular complexity index is 1180. The van der Waals surface area contributed by atoms with Crippen LogP contribution in [0.4, 0.5) is 11.4 Å². The van der Waals surface area contributed by atoms with Gasteiger partial charge in [0, 0.05) is 21.4 Å². The molecule has 0 unspecified atom stereocenters. The van der Waals surface area contributed by atoms with E-state index in [1.54, 1.807) is 36.4 Å². The Balaban J connectivity index is 1.61. The number of thiocarbonyl (C=S) groups is 1. The number of rotatable bonds is 5. The van der Waals surface area contributed by atoms with E-state index in [1.165, 1.54) is 7.11 Å². The molecular weight excluding hydrogens is 490 g/mol. The van der Waals surface area contributed by atoms with Crippen LogP contribution in [0.2, 0.25) is 0 Å². The van der Waals surface area contributed by atoms with Crippen LogP contribution in [0.5, 0.6) is 5.75 Å². The Labute approximate surface area is 200 Å². The minimum Gasteiger partial charge on any atom is -0.496 e. The van der Waals surface area contributed by atoms with Crippen molar-refractivity contribution in [3.63, 3.8) is 0 Å². The summed E-state index contributed by atoms with van der Waals surface area (Å²) in [6.07, 6.45) is 0. The van der Waals surface area contributed by atoms with Crippen LogP contribution in [0.25, 0.3) is 0 Å². The smallest absolute Gasteiger partial charge is 0.261 e. The number of hydrogen-bond acceptors (Lipinski definition) is 4. The van der Waals surface area contributed by atoms with Crippen LogP contribution in [0.15, 0.2) is 65.1 Å². The number of benzene rings is 3.